The van der Waals surface area contributed by atoms with Crippen molar-refractivity contribution in [3.8, 4) is 0 Å². The Morgan fingerprint density at radius 2 is 2.14 bits per heavy atom. The molecule has 3 rings (SSSR count). The summed E-state index contributed by atoms with van der Waals surface area (Å²) in [5.74, 6) is 0. The van der Waals surface area contributed by atoms with Crippen LogP contribution in [0.1, 0.15) is 56.5 Å². The van der Waals surface area contributed by atoms with Crippen LogP contribution in [0, 0.1) is 19.3 Å². The molecule has 0 radical (unpaired) electrons. The predicted molar refractivity (Wildman–Crippen MR) is 89.1 cm³/mol. The smallest absolute Gasteiger partial charge is 0.0661 e. The van der Waals surface area contributed by atoms with Crippen LogP contribution in [-0.4, -0.2) is 34.6 Å². The van der Waals surface area contributed by atoms with Gasteiger partial charge in [0, 0.05) is 36.8 Å². The second-order valence-electron chi connectivity index (χ2n) is 7.36. The van der Waals surface area contributed by atoms with Gasteiger partial charge in [0.05, 0.1) is 11.8 Å². The van der Waals surface area contributed by atoms with Crippen molar-refractivity contribution in [2.75, 3.05) is 6.61 Å². The van der Waals surface area contributed by atoms with Gasteiger partial charge >= 0.3 is 0 Å². The van der Waals surface area contributed by atoms with Crippen molar-refractivity contribution in [2.24, 2.45) is 12.5 Å². The van der Waals surface area contributed by atoms with Gasteiger partial charge in [-0.25, -0.2) is 0 Å². The van der Waals surface area contributed by atoms with Gasteiger partial charge in [-0.05, 0) is 58.9 Å². The molecule has 4 heteroatoms. The van der Waals surface area contributed by atoms with E-state index < -0.39 is 0 Å². The molecule has 2 fully saturated rings. The first-order valence-electron chi connectivity index (χ1n) is 8.84. The molecule has 1 N–H and O–H groups in total. The summed E-state index contributed by atoms with van der Waals surface area (Å²) in [5, 5.41) is 8.43. The van der Waals surface area contributed by atoms with Gasteiger partial charge in [-0.2, -0.15) is 5.10 Å². The Balaban J connectivity index is 1.60. The highest BCUT2D eigenvalue weighted by atomic mass is 16.5. The predicted octanol–water partition coefficient (Wildman–Crippen LogP) is 2.91. The first-order valence-corrected chi connectivity index (χ1v) is 8.84. The van der Waals surface area contributed by atoms with Gasteiger partial charge in [-0.3, -0.25) is 4.68 Å². The molecule has 22 heavy (non-hydrogen) atoms. The normalized spacial score (nSPS) is 27.5. The average molecular weight is 305 g/mol. The summed E-state index contributed by atoms with van der Waals surface area (Å²) in [6.45, 7) is 9.57. The van der Waals surface area contributed by atoms with Crippen molar-refractivity contribution in [3.05, 3.63) is 17.0 Å². The Kier molecular flexibility index (Phi) is 4.34. The summed E-state index contributed by atoms with van der Waals surface area (Å²) < 4.78 is 7.95. The SMILES string of the molecule is CCO[C@@H]1C[C@H](N[C@@H](C)Cc2c(C)nn(C)c2C)C12CCC2. The number of ether oxygens (including phenoxy) is 1. The molecule has 4 nitrogen and oxygen atoms in total. The lowest BCUT2D eigenvalue weighted by molar-refractivity contribution is -0.174. The van der Waals surface area contributed by atoms with E-state index in [4.69, 9.17) is 4.74 Å². The van der Waals surface area contributed by atoms with Gasteiger partial charge < -0.3 is 10.1 Å². The molecule has 1 heterocycles. The Labute approximate surface area is 134 Å². The lowest BCUT2D eigenvalue weighted by Crippen LogP contribution is -2.68. The van der Waals surface area contributed by atoms with E-state index in [0.717, 1.165) is 13.0 Å². The number of aryl methyl sites for hydroxylation is 2. The lowest BCUT2D eigenvalue weighted by atomic mass is 9.51. The third-order valence-electron chi connectivity index (χ3n) is 6.09. The van der Waals surface area contributed by atoms with Gasteiger partial charge in [0.2, 0.25) is 0 Å². The fraction of sp³-hybridized carbons (Fsp3) is 0.833. The second kappa shape index (κ2) is 5.97. The van der Waals surface area contributed by atoms with Gasteiger partial charge in [-0.1, -0.05) is 6.42 Å². The number of hydrogen-bond acceptors (Lipinski definition) is 3. The molecular formula is C18H31N3O. The highest BCUT2D eigenvalue weighted by Gasteiger charge is 2.58. The van der Waals surface area contributed by atoms with Crippen LogP contribution >= 0.6 is 0 Å². The van der Waals surface area contributed by atoms with Gasteiger partial charge in [0.15, 0.2) is 0 Å². The zero-order valence-electron chi connectivity index (χ0n) is 14.8. The molecule has 1 spiro atoms. The zero-order chi connectivity index (χ0) is 15.9. The maximum Gasteiger partial charge on any atom is 0.0661 e. The van der Waals surface area contributed by atoms with Crippen LogP contribution in [0.2, 0.25) is 0 Å². The van der Waals surface area contributed by atoms with Crippen LogP contribution in [0.25, 0.3) is 0 Å². The Hall–Kier alpha value is -0.870. The Morgan fingerprint density at radius 3 is 2.64 bits per heavy atom. The summed E-state index contributed by atoms with van der Waals surface area (Å²) >= 11 is 0. The first-order chi connectivity index (χ1) is 10.5. The van der Waals surface area contributed by atoms with E-state index in [1.54, 1.807) is 0 Å². The van der Waals surface area contributed by atoms with Crippen molar-refractivity contribution < 1.29 is 4.74 Å². The summed E-state index contributed by atoms with van der Waals surface area (Å²) in [5.41, 5.74) is 4.33. The van der Waals surface area contributed by atoms with Crippen LogP contribution in [0.3, 0.4) is 0 Å². The highest BCUT2D eigenvalue weighted by Crippen LogP contribution is 2.57. The lowest BCUT2D eigenvalue weighted by Gasteiger charge is -2.61. The Morgan fingerprint density at radius 1 is 1.41 bits per heavy atom. The van der Waals surface area contributed by atoms with Crippen LogP contribution in [0.15, 0.2) is 0 Å². The fourth-order valence-electron chi connectivity index (χ4n) is 4.49. The van der Waals surface area contributed by atoms with E-state index in [0.29, 0.717) is 23.6 Å². The molecule has 0 aliphatic heterocycles. The van der Waals surface area contributed by atoms with E-state index >= 15 is 0 Å². The number of nitrogens with zero attached hydrogens (tertiary/aromatic N) is 2. The molecule has 0 bridgehead atoms. The van der Waals surface area contributed by atoms with E-state index in [2.05, 4.69) is 38.1 Å². The van der Waals surface area contributed by atoms with Gasteiger partial charge in [0.25, 0.3) is 0 Å². The van der Waals surface area contributed by atoms with Crippen molar-refractivity contribution in [3.63, 3.8) is 0 Å². The maximum absolute atomic E-state index is 5.95. The van der Waals surface area contributed by atoms with E-state index in [1.807, 2.05) is 11.7 Å². The summed E-state index contributed by atoms with van der Waals surface area (Å²) in [6, 6.07) is 1.14. The zero-order valence-corrected chi connectivity index (χ0v) is 14.8. The third kappa shape index (κ3) is 2.50. The highest BCUT2D eigenvalue weighted by molar-refractivity contribution is 5.25. The molecule has 0 unspecified atom stereocenters. The minimum absolute atomic E-state index is 0.448. The molecule has 1 aromatic heterocycles. The molecule has 0 amide bonds. The molecule has 1 aromatic rings. The molecule has 3 atom stereocenters. The topological polar surface area (TPSA) is 39.1 Å². The molecule has 124 valence electrons. The Bertz CT molecular complexity index is 533. The number of hydrogen-bond donors (Lipinski definition) is 1. The quantitative estimate of drug-likeness (QED) is 0.878. The van der Waals surface area contributed by atoms with E-state index in [1.165, 1.54) is 42.6 Å². The number of aromatic nitrogens is 2. The summed E-state index contributed by atoms with van der Waals surface area (Å²) in [7, 11) is 2.03. The van der Waals surface area contributed by atoms with Crippen LogP contribution < -0.4 is 5.32 Å². The van der Waals surface area contributed by atoms with E-state index in [9.17, 15) is 0 Å². The average Bonchev–Trinajstić information content (AvgIpc) is 2.62. The van der Waals surface area contributed by atoms with Crippen molar-refractivity contribution >= 4 is 0 Å². The molecule has 2 aliphatic rings. The largest absolute Gasteiger partial charge is 0.378 e. The molecule has 0 aromatic carbocycles. The van der Waals surface area contributed by atoms with Crippen molar-refractivity contribution in [2.45, 2.75) is 78.0 Å². The molecule has 2 aliphatic carbocycles. The molecular weight excluding hydrogens is 274 g/mol. The minimum atomic E-state index is 0.448. The minimum Gasteiger partial charge on any atom is -0.378 e. The van der Waals surface area contributed by atoms with Crippen molar-refractivity contribution in [1.82, 2.24) is 15.1 Å². The fourth-order valence-corrected chi connectivity index (χ4v) is 4.49. The van der Waals surface area contributed by atoms with E-state index in [-0.39, 0.29) is 0 Å². The van der Waals surface area contributed by atoms with Crippen LogP contribution in [0.4, 0.5) is 0 Å². The van der Waals surface area contributed by atoms with Crippen molar-refractivity contribution in [1.29, 1.82) is 0 Å². The molecule has 2 saturated carbocycles. The standard InChI is InChI=1S/C18H31N3O/c1-6-22-17-11-16(18(17)8-7-9-18)19-12(2)10-15-13(3)20-21(5)14(15)4/h12,16-17,19H,6-11H2,1-5H3/t12-,16-,17+/m0/s1. The second-order valence-corrected chi connectivity index (χ2v) is 7.36. The van der Waals surface area contributed by atoms with Crippen LogP contribution in [-0.2, 0) is 18.2 Å². The third-order valence-corrected chi connectivity index (χ3v) is 6.09. The summed E-state index contributed by atoms with van der Waals surface area (Å²) in [4.78, 5) is 0. The van der Waals surface area contributed by atoms with Crippen LogP contribution in [0.5, 0.6) is 0 Å². The monoisotopic (exact) mass is 305 g/mol. The molecule has 0 saturated heterocycles. The first kappa shape index (κ1) is 16.0. The summed E-state index contributed by atoms with van der Waals surface area (Å²) in [6.07, 6.45) is 6.80. The number of rotatable bonds is 6. The van der Waals surface area contributed by atoms with Gasteiger partial charge in [0.1, 0.15) is 0 Å². The number of nitrogens with one attached hydrogen (secondary N) is 1. The maximum atomic E-state index is 5.95. The van der Waals surface area contributed by atoms with Gasteiger partial charge in [-0.15, -0.1) is 0 Å².